The number of nitrogens with zero attached hydrogens (tertiary/aromatic N) is 2. The Kier molecular flexibility index (Phi) is 5.18. The molecule has 112 valence electrons. The van der Waals surface area contributed by atoms with Crippen molar-refractivity contribution in [3.05, 3.63) is 21.4 Å². The molecule has 5 heteroatoms. The molecule has 4 nitrogen and oxygen atoms in total. The maximum atomic E-state index is 12.5. The average Bonchev–Trinajstić information content (AvgIpc) is 2.79. The fourth-order valence-electron chi connectivity index (χ4n) is 2.64. The molecule has 2 rings (SSSR count). The quantitative estimate of drug-likeness (QED) is 0.921. The number of hydrogen-bond acceptors (Lipinski definition) is 4. The van der Waals surface area contributed by atoms with E-state index in [0.717, 1.165) is 37.5 Å². The van der Waals surface area contributed by atoms with Gasteiger partial charge in [-0.2, -0.15) is 0 Å². The van der Waals surface area contributed by atoms with Crippen molar-refractivity contribution in [1.82, 2.24) is 9.80 Å². The number of carbonyl (C=O) groups excluding carboxylic acids is 1. The van der Waals surface area contributed by atoms with Crippen LogP contribution in [0.15, 0.2) is 6.07 Å². The summed E-state index contributed by atoms with van der Waals surface area (Å²) < 4.78 is 0. The van der Waals surface area contributed by atoms with Crippen LogP contribution in [0.4, 0.5) is 0 Å². The molecule has 0 radical (unpaired) electrons. The van der Waals surface area contributed by atoms with Gasteiger partial charge in [-0.3, -0.25) is 9.69 Å². The SMILES string of the molecule is CCc1cc(C(=O)N2CCN(CC(C)O)CC2)sc1C. The Bertz CT molecular complexity index is 462. The molecule has 1 unspecified atom stereocenters. The molecule has 0 saturated carbocycles. The van der Waals surface area contributed by atoms with Crippen LogP contribution in [0, 0.1) is 6.92 Å². The zero-order chi connectivity index (χ0) is 14.7. The molecule has 0 aromatic carbocycles. The van der Waals surface area contributed by atoms with Gasteiger partial charge in [0.05, 0.1) is 11.0 Å². The Hall–Kier alpha value is -0.910. The molecule has 1 aliphatic heterocycles. The van der Waals surface area contributed by atoms with Gasteiger partial charge in [0, 0.05) is 37.6 Å². The van der Waals surface area contributed by atoms with Crippen molar-refractivity contribution in [3.63, 3.8) is 0 Å². The van der Waals surface area contributed by atoms with Gasteiger partial charge in [0.15, 0.2) is 0 Å². The lowest BCUT2D eigenvalue weighted by Gasteiger charge is -2.35. The second-order valence-electron chi connectivity index (χ2n) is 5.49. The van der Waals surface area contributed by atoms with E-state index in [-0.39, 0.29) is 12.0 Å². The topological polar surface area (TPSA) is 43.8 Å². The van der Waals surface area contributed by atoms with Gasteiger partial charge in [0.1, 0.15) is 0 Å². The molecule has 1 saturated heterocycles. The van der Waals surface area contributed by atoms with Gasteiger partial charge in [-0.25, -0.2) is 0 Å². The largest absolute Gasteiger partial charge is 0.392 e. The van der Waals surface area contributed by atoms with E-state index in [1.807, 2.05) is 11.0 Å². The van der Waals surface area contributed by atoms with E-state index >= 15 is 0 Å². The summed E-state index contributed by atoms with van der Waals surface area (Å²) >= 11 is 1.61. The summed E-state index contributed by atoms with van der Waals surface area (Å²) in [6.07, 6.45) is 0.682. The van der Waals surface area contributed by atoms with E-state index in [2.05, 4.69) is 18.7 Å². The molecule has 1 atom stereocenters. The molecule has 1 fully saturated rings. The third-order valence-electron chi connectivity index (χ3n) is 3.79. The number of hydrogen-bond donors (Lipinski definition) is 1. The molecule has 1 N–H and O–H groups in total. The van der Waals surface area contributed by atoms with Crippen LogP contribution in [0.1, 0.15) is 34.0 Å². The van der Waals surface area contributed by atoms with Crippen molar-refractivity contribution in [1.29, 1.82) is 0 Å². The molecule has 1 amide bonds. The van der Waals surface area contributed by atoms with E-state index in [0.29, 0.717) is 6.54 Å². The highest BCUT2D eigenvalue weighted by Crippen LogP contribution is 2.23. The van der Waals surface area contributed by atoms with Crippen LogP contribution >= 0.6 is 11.3 Å². The van der Waals surface area contributed by atoms with Gasteiger partial charge in [-0.1, -0.05) is 6.92 Å². The highest BCUT2D eigenvalue weighted by molar-refractivity contribution is 7.14. The zero-order valence-electron chi connectivity index (χ0n) is 12.6. The minimum Gasteiger partial charge on any atom is -0.392 e. The highest BCUT2D eigenvalue weighted by atomic mass is 32.1. The van der Waals surface area contributed by atoms with Crippen molar-refractivity contribution in [2.24, 2.45) is 0 Å². The summed E-state index contributed by atoms with van der Waals surface area (Å²) in [4.78, 5) is 18.7. The smallest absolute Gasteiger partial charge is 0.264 e. The predicted molar refractivity (Wildman–Crippen MR) is 82.5 cm³/mol. The Morgan fingerprint density at radius 1 is 1.40 bits per heavy atom. The number of aliphatic hydroxyl groups excluding tert-OH is 1. The van der Waals surface area contributed by atoms with Gasteiger partial charge in [0.25, 0.3) is 5.91 Å². The lowest BCUT2D eigenvalue weighted by Crippen LogP contribution is -2.50. The lowest BCUT2D eigenvalue weighted by atomic mass is 10.2. The molecule has 1 aromatic rings. The Balaban J connectivity index is 1.94. The summed E-state index contributed by atoms with van der Waals surface area (Å²) in [7, 11) is 0. The van der Waals surface area contributed by atoms with E-state index in [1.165, 1.54) is 10.4 Å². The number of β-amino-alcohol motifs (C(OH)–C–C–N with tert-alkyl or cyclic N) is 1. The third-order valence-corrected chi connectivity index (χ3v) is 4.87. The maximum absolute atomic E-state index is 12.5. The minimum atomic E-state index is -0.302. The molecule has 1 aliphatic rings. The van der Waals surface area contributed by atoms with Crippen molar-refractivity contribution in [2.45, 2.75) is 33.3 Å². The number of rotatable bonds is 4. The summed E-state index contributed by atoms with van der Waals surface area (Å²) in [6, 6.07) is 2.05. The number of piperazine rings is 1. The fourth-order valence-corrected chi connectivity index (χ4v) is 3.72. The first-order valence-corrected chi connectivity index (χ1v) is 8.12. The molecule has 0 aliphatic carbocycles. The van der Waals surface area contributed by atoms with Gasteiger partial charge in [0.2, 0.25) is 0 Å². The fraction of sp³-hybridized carbons (Fsp3) is 0.667. The summed E-state index contributed by atoms with van der Waals surface area (Å²) in [6.45, 7) is 9.91. The van der Waals surface area contributed by atoms with Gasteiger partial charge < -0.3 is 10.0 Å². The first-order valence-electron chi connectivity index (χ1n) is 7.30. The van der Waals surface area contributed by atoms with Crippen molar-refractivity contribution < 1.29 is 9.90 Å². The first-order chi connectivity index (χ1) is 9.51. The van der Waals surface area contributed by atoms with Crippen LogP contribution in [-0.4, -0.2) is 59.6 Å². The Morgan fingerprint density at radius 2 is 2.05 bits per heavy atom. The van der Waals surface area contributed by atoms with Crippen LogP contribution in [-0.2, 0) is 6.42 Å². The monoisotopic (exact) mass is 296 g/mol. The van der Waals surface area contributed by atoms with Gasteiger partial charge in [-0.15, -0.1) is 11.3 Å². The first kappa shape index (κ1) is 15.5. The number of amides is 1. The molecule has 20 heavy (non-hydrogen) atoms. The molecule has 0 spiro atoms. The van der Waals surface area contributed by atoms with Gasteiger partial charge in [-0.05, 0) is 31.9 Å². The Morgan fingerprint density at radius 3 is 2.55 bits per heavy atom. The second kappa shape index (κ2) is 6.70. The summed E-state index contributed by atoms with van der Waals surface area (Å²) in [5, 5.41) is 9.40. The maximum Gasteiger partial charge on any atom is 0.264 e. The summed E-state index contributed by atoms with van der Waals surface area (Å²) in [5.74, 6) is 0.162. The number of carbonyl (C=O) groups is 1. The van der Waals surface area contributed by atoms with Crippen molar-refractivity contribution in [3.8, 4) is 0 Å². The average molecular weight is 296 g/mol. The van der Waals surface area contributed by atoms with Crippen LogP contribution in [0.5, 0.6) is 0 Å². The van der Waals surface area contributed by atoms with Gasteiger partial charge >= 0.3 is 0 Å². The molecular weight excluding hydrogens is 272 g/mol. The zero-order valence-corrected chi connectivity index (χ0v) is 13.4. The second-order valence-corrected chi connectivity index (χ2v) is 6.74. The van der Waals surface area contributed by atoms with Crippen molar-refractivity contribution >= 4 is 17.2 Å². The minimum absolute atomic E-state index is 0.162. The number of aliphatic hydroxyl groups is 1. The normalized spacial score (nSPS) is 18.3. The van der Waals surface area contributed by atoms with Crippen LogP contribution in [0.3, 0.4) is 0 Å². The molecule has 2 heterocycles. The van der Waals surface area contributed by atoms with Crippen LogP contribution < -0.4 is 0 Å². The third kappa shape index (κ3) is 3.59. The predicted octanol–water partition coefficient (Wildman–Crippen LogP) is 1.76. The van der Waals surface area contributed by atoms with E-state index in [4.69, 9.17) is 0 Å². The van der Waals surface area contributed by atoms with E-state index < -0.39 is 0 Å². The molecule has 1 aromatic heterocycles. The molecular formula is C15H24N2O2S. The van der Waals surface area contributed by atoms with E-state index in [1.54, 1.807) is 18.3 Å². The molecule has 0 bridgehead atoms. The van der Waals surface area contributed by atoms with E-state index in [9.17, 15) is 9.90 Å². The summed E-state index contributed by atoms with van der Waals surface area (Å²) in [5.41, 5.74) is 1.28. The number of aryl methyl sites for hydroxylation is 2. The number of thiophene rings is 1. The standard InChI is InChI=1S/C15H24N2O2S/c1-4-13-9-14(20-12(13)3)15(19)17-7-5-16(6-8-17)10-11(2)18/h9,11,18H,4-8,10H2,1-3H3. The highest BCUT2D eigenvalue weighted by Gasteiger charge is 2.24. The van der Waals surface area contributed by atoms with Crippen LogP contribution in [0.2, 0.25) is 0 Å². The van der Waals surface area contributed by atoms with Crippen molar-refractivity contribution in [2.75, 3.05) is 32.7 Å². The Labute approximate surface area is 125 Å². The van der Waals surface area contributed by atoms with Crippen LogP contribution in [0.25, 0.3) is 0 Å². The lowest BCUT2D eigenvalue weighted by molar-refractivity contribution is 0.0558.